The zero-order valence-corrected chi connectivity index (χ0v) is 18.8. The van der Waals surface area contributed by atoms with Crippen LogP contribution in [0.4, 0.5) is 17.3 Å². The van der Waals surface area contributed by atoms with Gasteiger partial charge in [-0.1, -0.05) is 5.16 Å². The molecule has 14 heteroatoms. The van der Waals surface area contributed by atoms with Gasteiger partial charge in [-0.25, -0.2) is 4.68 Å². The minimum Gasteiger partial charge on any atom is -0.380 e. The second kappa shape index (κ2) is 8.73. The number of ether oxygens (including phenoxy) is 1. The number of nitrogens with two attached hydrogens (primary N) is 1. The molecular weight excluding hydrogens is 470 g/mol. The summed E-state index contributed by atoms with van der Waals surface area (Å²) < 4.78 is 12.0. The third-order valence-electron chi connectivity index (χ3n) is 5.69. The van der Waals surface area contributed by atoms with E-state index in [2.05, 4.69) is 25.8 Å². The highest BCUT2D eigenvalue weighted by molar-refractivity contribution is 6.06. The van der Waals surface area contributed by atoms with Crippen molar-refractivity contribution in [3.05, 3.63) is 48.4 Å². The third-order valence-corrected chi connectivity index (χ3v) is 5.69. The van der Waals surface area contributed by atoms with Gasteiger partial charge >= 0.3 is 0 Å². The number of nitrogens with one attached hydrogen (secondary N) is 1. The molecule has 2 atom stereocenters. The van der Waals surface area contributed by atoms with Gasteiger partial charge in [0.1, 0.15) is 6.07 Å². The highest BCUT2D eigenvalue weighted by atomic mass is 16.5. The van der Waals surface area contributed by atoms with Gasteiger partial charge in [0.15, 0.2) is 34.6 Å². The van der Waals surface area contributed by atoms with Crippen molar-refractivity contribution in [3.63, 3.8) is 0 Å². The number of nitrogen functional groups attached to an aromatic ring is 1. The number of carbonyl (C=O) groups excluding carboxylic acids is 2. The third kappa shape index (κ3) is 3.98. The summed E-state index contributed by atoms with van der Waals surface area (Å²) in [5, 5.41) is 38.7. The van der Waals surface area contributed by atoms with Crippen LogP contribution in [0.5, 0.6) is 0 Å². The molecule has 14 nitrogen and oxygen atoms in total. The van der Waals surface area contributed by atoms with Gasteiger partial charge in [0.2, 0.25) is 0 Å². The molecule has 4 heterocycles. The van der Waals surface area contributed by atoms with E-state index in [0.29, 0.717) is 22.3 Å². The topological polar surface area (TPSA) is 198 Å². The number of benzene rings is 1. The van der Waals surface area contributed by atoms with Crippen molar-refractivity contribution >= 4 is 40.1 Å². The lowest BCUT2D eigenvalue weighted by molar-refractivity contribution is -0.165. The van der Waals surface area contributed by atoms with E-state index in [1.165, 1.54) is 34.8 Å². The molecule has 182 valence electrons. The van der Waals surface area contributed by atoms with Gasteiger partial charge in [0.25, 0.3) is 11.8 Å². The van der Waals surface area contributed by atoms with Crippen LogP contribution in [0, 0.1) is 11.3 Å². The summed E-state index contributed by atoms with van der Waals surface area (Å²) in [4.78, 5) is 27.5. The number of anilines is 3. The Morgan fingerprint density at radius 2 is 2.19 bits per heavy atom. The predicted molar refractivity (Wildman–Crippen MR) is 124 cm³/mol. The maximum Gasteiger partial charge on any atom is 0.260 e. The normalized spacial score (nSPS) is 17.5. The number of nitrogens with zero attached hydrogens (tertiary/aromatic N) is 7. The fourth-order valence-electron chi connectivity index (χ4n) is 3.76. The van der Waals surface area contributed by atoms with Crippen molar-refractivity contribution in [3.8, 4) is 11.8 Å². The summed E-state index contributed by atoms with van der Waals surface area (Å²) in [5.74, 6) is -1.01. The van der Waals surface area contributed by atoms with Crippen LogP contribution in [0.15, 0.2) is 47.2 Å². The molecule has 3 aromatic heterocycles. The van der Waals surface area contributed by atoms with Crippen LogP contribution in [0.3, 0.4) is 0 Å². The van der Waals surface area contributed by atoms with Crippen molar-refractivity contribution in [2.24, 2.45) is 0 Å². The van der Waals surface area contributed by atoms with Crippen LogP contribution in [0.2, 0.25) is 0 Å². The number of morpholine rings is 1. The minimum absolute atomic E-state index is 0.0609. The van der Waals surface area contributed by atoms with Gasteiger partial charge in [0.05, 0.1) is 30.4 Å². The number of aliphatic hydroxyl groups is 1. The summed E-state index contributed by atoms with van der Waals surface area (Å²) in [5.41, 5.74) is 4.73. The summed E-state index contributed by atoms with van der Waals surface area (Å²) in [6, 6.07) is 9.66. The Bertz CT molecular complexity index is 1520. The number of amides is 2. The van der Waals surface area contributed by atoms with Crippen molar-refractivity contribution in [2.45, 2.75) is 18.6 Å². The van der Waals surface area contributed by atoms with E-state index in [-0.39, 0.29) is 30.5 Å². The van der Waals surface area contributed by atoms with Gasteiger partial charge < -0.3 is 25.4 Å². The first kappa shape index (κ1) is 22.9. The molecular formula is C22H19N9O5. The Hall–Kier alpha value is -4.87. The lowest BCUT2D eigenvalue weighted by Gasteiger charge is -2.37. The Morgan fingerprint density at radius 3 is 3.00 bits per heavy atom. The van der Waals surface area contributed by atoms with Gasteiger partial charge in [0, 0.05) is 30.1 Å². The average Bonchev–Trinajstić information content (AvgIpc) is 3.51. The number of carbonyl (C=O) groups is 2. The molecule has 1 unspecified atom stereocenters. The van der Waals surface area contributed by atoms with Crippen LogP contribution in [-0.2, 0) is 14.3 Å². The molecule has 4 N–H and O–H groups in total. The molecule has 0 bridgehead atoms. The van der Waals surface area contributed by atoms with Crippen LogP contribution in [0.1, 0.15) is 12.6 Å². The molecule has 0 saturated carbocycles. The second-order valence-electron chi connectivity index (χ2n) is 8.15. The zero-order chi connectivity index (χ0) is 25.4. The summed E-state index contributed by atoms with van der Waals surface area (Å²) in [7, 11) is 0. The Kier molecular flexibility index (Phi) is 5.55. The van der Waals surface area contributed by atoms with Gasteiger partial charge in [-0.2, -0.15) is 10.4 Å². The van der Waals surface area contributed by atoms with Crippen LogP contribution < -0.4 is 16.0 Å². The molecule has 1 aliphatic heterocycles. The largest absolute Gasteiger partial charge is 0.380 e. The first-order chi connectivity index (χ1) is 17.3. The van der Waals surface area contributed by atoms with Gasteiger partial charge in [-0.15, -0.1) is 10.2 Å². The molecule has 1 aliphatic rings. The highest BCUT2D eigenvalue weighted by Gasteiger charge is 2.48. The van der Waals surface area contributed by atoms with E-state index in [4.69, 9.17) is 20.3 Å². The van der Waals surface area contributed by atoms with E-state index >= 15 is 0 Å². The lowest BCUT2D eigenvalue weighted by atomic mass is 9.95. The quantitative estimate of drug-likeness (QED) is 0.350. The Labute approximate surface area is 202 Å². The van der Waals surface area contributed by atoms with Crippen molar-refractivity contribution in [1.29, 1.82) is 5.26 Å². The van der Waals surface area contributed by atoms with Crippen molar-refractivity contribution in [1.82, 2.24) is 25.1 Å². The van der Waals surface area contributed by atoms with Crippen molar-refractivity contribution < 1.29 is 24.0 Å². The molecule has 1 saturated heterocycles. The van der Waals surface area contributed by atoms with E-state index in [0.717, 1.165) is 0 Å². The van der Waals surface area contributed by atoms with Crippen LogP contribution >= 0.6 is 0 Å². The fourth-order valence-corrected chi connectivity index (χ4v) is 3.76. The smallest absolute Gasteiger partial charge is 0.260 e. The van der Waals surface area contributed by atoms with E-state index in [1.54, 1.807) is 24.4 Å². The maximum absolute atomic E-state index is 13.3. The second-order valence-corrected chi connectivity index (χ2v) is 8.15. The number of hydrogen-bond acceptors (Lipinski definition) is 11. The molecule has 0 spiro atoms. The molecule has 1 aromatic carbocycles. The molecule has 5 rings (SSSR count). The van der Waals surface area contributed by atoms with E-state index in [1.807, 2.05) is 6.07 Å². The maximum atomic E-state index is 13.3. The van der Waals surface area contributed by atoms with Gasteiger partial charge in [-0.05, 0) is 19.1 Å². The number of hydrogen-bond donors (Lipinski definition) is 3. The Balaban J connectivity index is 1.34. The summed E-state index contributed by atoms with van der Waals surface area (Å²) in [6.07, 6.45) is 1.51. The lowest BCUT2D eigenvalue weighted by Crippen LogP contribution is -2.61. The Morgan fingerprint density at radius 1 is 1.36 bits per heavy atom. The molecule has 0 aliphatic carbocycles. The SMILES string of the molecule is CC(O)(C(=O)Nc1ccc2c(N)noc2c1)[C@H]1OCCN(c2ccn(-c3cnnc(C#N)c3)n2)C1=O. The monoisotopic (exact) mass is 489 g/mol. The average molecular weight is 489 g/mol. The number of nitriles is 1. The summed E-state index contributed by atoms with van der Waals surface area (Å²) >= 11 is 0. The number of aromatic nitrogens is 5. The number of rotatable bonds is 5. The van der Waals surface area contributed by atoms with Crippen LogP contribution in [0.25, 0.3) is 16.7 Å². The van der Waals surface area contributed by atoms with E-state index in [9.17, 15) is 14.7 Å². The van der Waals surface area contributed by atoms with E-state index < -0.39 is 23.5 Å². The standard InChI is InChI=1S/C22H19N9O5/c1-22(34,21(33)26-12-2-3-15-16(9-12)36-29-19(15)24)18-20(32)30(6-7-35-18)17-4-5-31(28-17)14-8-13(10-23)27-25-11-14/h2-5,8-9,11,18,34H,6-7H2,1H3,(H2,24,29)(H,26,33)/t18-,22?/m0/s1. The molecule has 0 radical (unpaired) electrons. The van der Waals surface area contributed by atoms with Gasteiger partial charge in [-0.3, -0.25) is 14.5 Å². The minimum atomic E-state index is -2.22. The van der Waals surface area contributed by atoms with Crippen molar-refractivity contribution in [2.75, 3.05) is 29.1 Å². The first-order valence-corrected chi connectivity index (χ1v) is 10.7. The fraction of sp³-hybridized carbons (Fsp3) is 0.227. The van der Waals surface area contributed by atoms with Crippen LogP contribution in [-0.4, -0.2) is 66.9 Å². The molecule has 1 fully saturated rings. The highest BCUT2D eigenvalue weighted by Crippen LogP contribution is 2.27. The predicted octanol–water partition coefficient (Wildman–Crippen LogP) is 0.379. The molecule has 4 aromatic rings. The first-order valence-electron chi connectivity index (χ1n) is 10.7. The zero-order valence-electron chi connectivity index (χ0n) is 18.8. The summed E-state index contributed by atoms with van der Waals surface area (Å²) in [6.45, 7) is 1.42. The number of fused-ring (bicyclic) bond motifs is 1. The molecule has 2 amide bonds. The molecule has 36 heavy (non-hydrogen) atoms.